The summed E-state index contributed by atoms with van der Waals surface area (Å²) < 4.78 is 39.8. The van der Waals surface area contributed by atoms with Crippen molar-refractivity contribution in [2.24, 2.45) is 5.73 Å². The number of carbonyl (C=O) groups excluding carboxylic acids is 1. The van der Waals surface area contributed by atoms with Crippen molar-refractivity contribution in [2.75, 3.05) is 25.1 Å². The van der Waals surface area contributed by atoms with Crippen molar-refractivity contribution in [3.05, 3.63) is 33.9 Å². The number of nitro groups is 1. The fourth-order valence-corrected chi connectivity index (χ4v) is 1.44. The Hall–Kier alpha value is -2.36. The van der Waals surface area contributed by atoms with Crippen molar-refractivity contribution in [1.29, 1.82) is 0 Å². The number of hydrogen-bond donors (Lipinski definition) is 2. The number of nitrogens with two attached hydrogens (primary N) is 1. The van der Waals surface area contributed by atoms with Gasteiger partial charge in [-0.1, -0.05) is 0 Å². The maximum absolute atomic E-state index is 11.8. The summed E-state index contributed by atoms with van der Waals surface area (Å²) in [5, 5.41) is 13.3. The molecule has 116 valence electrons. The van der Waals surface area contributed by atoms with E-state index in [1.54, 1.807) is 0 Å². The lowest BCUT2D eigenvalue weighted by Gasteiger charge is -2.10. The predicted octanol–water partition coefficient (Wildman–Crippen LogP) is 1.68. The molecule has 1 amide bonds. The van der Waals surface area contributed by atoms with Crippen LogP contribution in [-0.2, 0) is 4.74 Å². The smallest absolute Gasteiger partial charge is 0.377 e. The van der Waals surface area contributed by atoms with E-state index < -0.39 is 23.6 Å². The van der Waals surface area contributed by atoms with Gasteiger partial charge in [0.1, 0.15) is 12.3 Å². The quantitative estimate of drug-likeness (QED) is 0.453. The number of hydrogen-bond acceptors (Lipinski definition) is 5. The third-order valence-electron chi connectivity index (χ3n) is 2.31. The summed E-state index contributed by atoms with van der Waals surface area (Å²) in [5.74, 6) is -0.777. The van der Waals surface area contributed by atoms with Gasteiger partial charge < -0.3 is 15.8 Å². The molecule has 1 aromatic carbocycles. The zero-order chi connectivity index (χ0) is 16.0. The summed E-state index contributed by atoms with van der Waals surface area (Å²) in [6.45, 7) is -1.81. The molecule has 21 heavy (non-hydrogen) atoms. The molecule has 3 N–H and O–H groups in total. The fraction of sp³-hybridized carbons (Fsp3) is 0.364. The molecular weight excluding hydrogens is 295 g/mol. The maximum Gasteiger partial charge on any atom is 0.411 e. The molecule has 10 heteroatoms. The van der Waals surface area contributed by atoms with E-state index in [1.807, 2.05) is 0 Å². The Kier molecular flexibility index (Phi) is 5.47. The van der Waals surface area contributed by atoms with E-state index in [9.17, 15) is 28.1 Å². The molecule has 0 saturated carbocycles. The number of halogens is 3. The summed E-state index contributed by atoms with van der Waals surface area (Å²) in [5.41, 5.74) is 4.74. The zero-order valence-corrected chi connectivity index (χ0v) is 10.6. The van der Waals surface area contributed by atoms with Gasteiger partial charge >= 0.3 is 6.18 Å². The molecule has 0 aliphatic rings. The second-order valence-electron chi connectivity index (χ2n) is 3.95. The van der Waals surface area contributed by atoms with Crippen molar-refractivity contribution in [3.8, 4) is 0 Å². The number of nitro benzene ring substituents is 1. The van der Waals surface area contributed by atoms with Gasteiger partial charge in [0.15, 0.2) is 0 Å². The topological polar surface area (TPSA) is 107 Å². The van der Waals surface area contributed by atoms with Crippen LogP contribution in [0.4, 0.5) is 24.5 Å². The van der Waals surface area contributed by atoms with Gasteiger partial charge in [-0.2, -0.15) is 13.2 Å². The highest BCUT2D eigenvalue weighted by Gasteiger charge is 2.27. The van der Waals surface area contributed by atoms with Crippen LogP contribution in [0.15, 0.2) is 18.2 Å². The summed E-state index contributed by atoms with van der Waals surface area (Å²) in [6, 6.07) is 3.43. The Morgan fingerprint density at radius 2 is 2.10 bits per heavy atom. The lowest BCUT2D eigenvalue weighted by Crippen LogP contribution is -2.20. The molecule has 0 heterocycles. The van der Waals surface area contributed by atoms with E-state index in [-0.39, 0.29) is 30.1 Å². The number of nitrogens with one attached hydrogen (secondary N) is 1. The minimum Gasteiger partial charge on any atom is -0.377 e. The van der Waals surface area contributed by atoms with Crippen molar-refractivity contribution >= 4 is 17.3 Å². The van der Waals surface area contributed by atoms with Crippen LogP contribution < -0.4 is 11.1 Å². The molecule has 0 radical (unpaired) electrons. The standard InChI is InChI=1S/C11H12F3N3O4/c12-11(13,14)6-21-4-3-16-8-5-7(10(15)18)1-2-9(8)17(19)20/h1-2,5,16H,3-4,6H2,(H2,15,18). The van der Waals surface area contributed by atoms with E-state index in [0.29, 0.717) is 0 Å². The number of rotatable bonds is 7. The van der Waals surface area contributed by atoms with E-state index in [2.05, 4.69) is 10.1 Å². The molecule has 1 aromatic rings. The van der Waals surface area contributed by atoms with E-state index in [4.69, 9.17) is 5.73 Å². The second-order valence-corrected chi connectivity index (χ2v) is 3.95. The Bertz CT molecular complexity index is 534. The van der Waals surface area contributed by atoms with Crippen LogP contribution in [0, 0.1) is 10.1 Å². The van der Waals surface area contributed by atoms with Gasteiger partial charge in [0.05, 0.1) is 11.5 Å². The van der Waals surface area contributed by atoms with Crippen LogP contribution in [0.5, 0.6) is 0 Å². The van der Waals surface area contributed by atoms with Crippen LogP contribution >= 0.6 is 0 Å². The van der Waals surface area contributed by atoms with Crippen molar-refractivity contribution in [1.82, 2.24) is 0 Å². The van der Waals surface area contributed by atoms with Gasteiger partial charge in [0.25, 0.3) is 5.69 Å². The molecule has 0 bridgehead atoms. The normalized spacial score (nSPS) is 11.2. The van der Waals surface area contributed by atoms with Crippen LogP contribution in [0.1, 0.15) is 10.4 Å². The molecule has 0 unspecified atom stereocenters. The first-order valence-corrected chi connectivity index (χ1v) is 5.67. The number of benzene rings is 1. The summed E-state index contributed by atoms with van der Waals surface area (Å²) in [7, 11) is 0. The first kappa shape index (κ1) is 16.7. The Morgan fingerprint density at radius 3 is 2.62 bits per heavy atom. The zero-order valence-electron chi connectivity index (χ0n) is 10.6. The maximum atomic E-state index is 11.8. The number of amides is 1. The van der Waals surface area contributed by atoms with Gasteiger partial charge in [-0.3, -0.25) is 14.9 Å². The van der Waals surface area contributed by atoms with Crippen molar-refractivity contribution in [3.63, 3.8) is 0 Å². The highest BCUT2D eigenvalue weighted by Crippen LogP contribution is 2.25. The van der Waals surface area contributed by atoms with E-state index in [1.165, 1.54) is 6.07 Å². The monoisotopic (exact) mass is 307 g/mol. The van der Waals surface area contributed by atoms with Crippen molar-refractivity contribution < 1.29 is 27.6 Å². The molecule has 0 atom stereocenters. The van der Waals surface area contributed by atoms with Gasteiger partial charge in [0, 0.05) is 18.2 Å². The molecule has 0 fully saturated rings. The lowest BCUT2D eigenvalue weighted by molar-refractivity contribution is -0.384. The van der Waals surface area contributed by atoms with Gasteiger partial charge in [-0.05, 0) is 12.1 Å². The molecule has 0 saturated heterocycles. The predicted molar refractivity (Wildman–Crippen MR) is 67.0 cm³/mol. The highest BCUT2D eigenvalue weighted by molar-refractivity contribution is 5.94. The average molecular weight is 307 g/mol. The third kappa shape index (κ3) is 5.65. The molecule has 1 rings (SSSR count). The molecule has 0 aliphatic carbocycles. The largest absolute Gasteiger partial charge is 0.411 e. The fourth-order valence-electron chi connectivity index (χ4n) is 1.44. The number of ether oxygens (including phenoxy) is 1. The van der Waals surface area contributed by atoms with E-state index >= 15 is 0 Å². The first-order chi connectivity index (χ1) is 9.70. The van der Waals surface area contributed by atoms with Crippen LogP contribution in [-0.4, -0.2) is 36.8 Å². The summed E-state index contributed by atoms with van der Waals surface area (Å²) in [6.07, 6.45) is -4.43. The number of nitrogens with zero attached hydrogens (tertiary/aromatic N) is 1. The molecule has 0 spiro atoms. The highest BCUT2D eigenvalue weighted by atomic mass is 19.4. The molecule has 0 aromatic heterocycles. The minimum absolute atomic E-state index is 0.0214. The Balaban J connectivity index is 2.66. The molecular formula is C11H12F3N3O4. The Labute approximate surface area is 117 Å². The minimum atomic E-state index is -4.43. The molecule has 7 nitrogen and oxygen atoms in total. The van der Waals surface area contributed by atoms with Crippen LogP contribution in [0.25, 0.3) is 0 Å². The molecule has 0 aliphatic heterocycles. The number of anilines is 1. The van der Waals surface area contributed by atoms with Gasteiger partial charge in [-0.15, -0.1) is 0 Å². The number of carbonyl (C=O) groups is 1. The van der Waals surface area contributed by atoms with Gasteiger partial charge in [0.2, 0.25) is 5.91 Å². The third-order valence-corrected chi connectivity index (χ3v) is 2.31. The van der Waals surface area contributed by atoms with Crippen LogP contribution in [0.3, 0.4) is 0 Å². The first-order valence-electron chi connectivity index (χ1n) is 5.67. The summed E-state index contributed by atoms with van der Waals surface area (Å²) >= 11 is 0. The van der Waals surface area contributed by atoms with Crippen molar-refractivity contribution in [2.45, 2.75) is 6.18 Å². The lowest BCUT2D eigenvalue weighted by atomic mass is 10.1. The van der Waals surface area contributed by atoms with Gasteiger partial charge in [-0.25, -0.2) is 0 Å². The SMILES string of the molecule is NC(=O)c1ccc([N+](=O)[O-])c(NCCOCC(F)(F)F)c1. The number of alkyl halides is 3. The van der Waals surface area contributed by atoms with E-state index in [0.717, 1.165) is 12.1 Å². The average Bonchev–Trinajstić information content (AvgIpc) is 2.36. The Morgan fingerprint density at radius 1 is 1.43 bits per heavy atom. The number of primary amides is 1. The second kappa shape index (κ2) is 6.88. The summed E-state index contributed by atoms with van der Waals surface area (Å²) in [4.78, 5) is 21.1. The van der Waals surface area contributed by atoms with Crippen LogP contribution in [0.2, 0.25) is 0 Å².